The molecule has 0 bridgehead atoms. The van der Waals surface area contributed by atoms with Gasteiger partial charge in [0.1, 0.15) is 5.82 Å². The van der Waals surface area contributed by atoms with Gasteiger partial charge in [-0.05, 0) is 29.1 Å². The standard InChI is InChI=1S/C16H15FN2O2S/c1-19-14(20)9-12(18-16(21)13-3-2-8-22-13)15(19)10-4-6-11(17)7-5-10/h2-8,12,15H,9H2,1H3,(H,18,21)/t12-,15+/m0/s1. The van der Waals surface area contributed by atoms with Crippen molar-refractivity contribution in [3.8, 4) is 0 Å². The monoisotopic (exact) mass is 318 g/mol. The summed E-state index contributed by atoms with van der Waals surface area (Å²) in [5.74, 6) is -0.545. The third-order valence-corrected chi connectivity index (χ3v) is 4.73. The molecule has 6 heteroatoms. The zero-order valence-electron chi connectivity index (χ0n) is 12.0. The number of halogens is 1. The Labute approximate surface area is 131 Å². The molecule has 2 heterocycles. The minimum Gasteiger partial charge on any atom is -0.346 e. The first kappa shape index (κ1) is 14.7. The highest BCUT2D eigenvalue weighted by Crippen LogP contribution is 2.32. The number of likely N-dealkylation sites (tertiary alicyclic amines) is 1. The van der Waals surface area contributed by atoms with Crippen LogP contribution in [0.5, 0.6) is 0 Å². The largest absolute Gasteiger partial charge is 0.346 e. The molecule has 0 aliphatic carbocycles. The van der Waals surface area contributed by atoms with Crippen LogP contribution in [0.25, 0.3) is 0 Å². The fourth-order valence-electron chi connectivity index (χ4n) is 2.76. The molecular weight excluding hydrogens is 303 g/mol. The van der Waals surface area contributed by atoms with Gasteiger partial charge in [0.15, 0.2) is 0 Å². The molecule has 2 aromatic rings. The fraction of sp³-hybridized carbons (Fsp3) is 0.250. The SMILES string of the molecule is CN1C(=O)C[C@H](NC(=O)c2cccs2)[C@H]1c1ccc(F)cc1. The van der Waals surface area contributed by atoms with Crippen LogP contribution in [0.2, 0.25) is 0 Å². The van der Waals surface area contributed by atoms with Gasteiger partial charge in [0.25, 0.3) is 5.91 Å². The number of nitrogens with zero attached hydrogens (tertiary/aromatic N) is 1. The van der Waals surface area contributed by atoms with Crippen LogP contribution in [0.1, 0.15) is 27.7 Å². The van der Waals surface area contributed by atoms with Gasteiger partial charge in [0.05, 0.1) is 17.0 Å². The lowest BCUT2D eigenvalue weighted by atomic mass is 10.00. The lowest BCUT2D eigenvalue weighted by Crippen LogP contribution is -2.38. The Kier molecular flexibility index (Phi) is 3.94. The van der Waals surface area contributed by atoms with E-state index in [0.717, 1.165) is 5.56 Å². The summed E-state index contributed by atoms with van der Waals surface area (Å²) in [4.78, 5) is 26.4. The third kappa shape index (κ3) is 2.74. The number of rotatable bonds is 3. The Morgan fingerprint density at radius 1 is 1.32 bits per heavy atom. The van der Waals surface area contributed by atoms with Crippen LogP contribution >= 0.6 is 11.3 Å². The van der Waals surface area contributed by atoms with Gasteiger partial charge < -0.3 is 10.2 Å². The van der Waals surface area contributed by atoms with E-state index in [4.69, 9.17) is 0 Å². The first-order valence-electron chi connectivity index (χ1n) is 6.92. The second kappa shape index (κ2) is 5.88. The van der Waals surface area contributed by atoms with Crippen LogP contribution in [-0.4, -0.2) is 29.8 Å². The molecule has 3 rings (SSSR count). The second-order valence-electron chi connectivity index (χ2n) is 5.26. The average molecular weight is 318 g/mol. The maximum absolute atomic E-state index is 13.1. The van der Waals surface area contributed by atoms with Crippen LogP contribution < -0.4 is 5.32 Å². The number of thiophene rings is 1. The molecule has 0 saturated carbocycles. The Bertz CT molecular complexity index is 685. The molecule has 0 radical (unpaired) electrons. The van der Waals surface area contributed by atoms with Gasteiger partial charge in [0.2, 0.25) is 5.91 Å². The Hall–Kier alpha value is -2.21. The van der Waals surface area contributed by atoms with E-state index in [1.807, 2.05) is 11.4 Å². The van der Waals surface area contributed by atoms with E-state index in [-0.39, 0.29) is 36.1 Å². The van der Waals surface area contributed by atoms with Gasteiger partial charge in [-0.2, -0.15) is 0 Å². The molecule has 0 unspecified atom stereocenters. The number of hydrogen-bond donors (Lipinski definition) is 1. The normalized spacial score (nSPS) is 21.2. The molecule has 1 aliphatic rings. The number of carbonyl (C=O) groups excluding carboxylic acids is 2. The highest BCUT2D eigenvalue weighted by Gasteiger charge is 2.39. The third-order valence-electron chi connectivity index (χ3n) is 3.86. The molecular formula is C16H15FN2O2S. The molecule has 114 valence electrons. The Morgan fingerprint density at radius 2 is 2.05 bits per heavy atom. The van der Waals surface area contributed by atoms with Gasteiger partial charge in [-0.3, -0.25) is 9.59 Å². The predicted molar refractivity (Wildman–Crippen MR) is 82.1 cm³/mol. The van der Waals surface area contributed by atoms with Gasteiger partial charge in [0, 0.05) is 13.5 Å². The van der Waals surface area contributed by atoms with Crippen molar-refractivity contribution in [2.24, 2.45) is 0 Å². The molecule has 2 atom stereocenters. The van der Waals surface area contributed by atoms with Crippen molar-refractivity contribution in [3.05, 3.63) is 58.0 Å². The predicted octanol–water partition coefficient (Wildman–Crippen LogP) is 2.59. The summed E-state index contributed by atoms with van der Waals surface area (Å²) < 4.78 is 13.1. The molecule has 1 aromatic carbocycles. The van der Waals surface area contributed by atoms with E-state index < -0.39 is 0 Å². The summed E-state index contributed by atoms with van der Waals surface area (Å²) in [7, 11) is 1.70. The maximum Gasteiger partial charge on any atom is 0.261 e. The van der Waals surface area contributed by atoms with E-state index in [0.29, 0.717) is 4.88 Å². The molecule has 1 aromatic heterocycles. The van der Waals surface area contributed by atoms with E-state index in [2.05, 4.69) is 5.32 Å². The van der Waals surface area contributed by atoms with Gasteiger partial charge >= 0.3 is 0 Å². The van der Waals surface area contributed by atoms with Crippen molar-refractivity contribution in [2.75, 3.05) is 7.05 Å². The van der Waals surface area contributed by atoms with Crippen LogP contribution in [0, 0.1) is 5.82 Å². The topological polar surface area (TPSA) is 49.4 Å². The minimum atomic E-state index is -0.324. The first-order chi connectivity index (χ1) is 10.6. The van der Waals surface area contributed by atoms with Crippen molar-refractivity contribution in [2.45, 2.75) is 18.5 Å². The summed E-state index contributed by atoms with van der Waals surface area (Å²) in [5, 5.41) is 4.75. The van der Waals surface area contributed by atoms with Gasteiger partial charge in [-0.25, -0.2) is 4.39 Å². The number of benzene rings is 1. The van der Waals surface area contributed by atoms with Crippen LogP contribution in [0.3, 0.4) is 0 Å². The Morgan fingerprint density at radius 3 is 2.68 bits per heavy atom. The zero-order chi connectivity index (χ0) is 15.7. The van der Waals surface area contributed by atoms with E-state index in [9.17, 15) is 14.0 Å². The summed E-state index contributed by atoms with van der Waals surface area (Å²) in [5.41, 5.74) is 0.811. The molecule has 22 heavy (non-hydrogen) atoms. The summed E-state index contributed by atoms with van der Waals surface area (Å²) >= 11 is 1.35. The number of carbonyl (C=O) groups is 2. The molecule has 1 N–H and O–H groups in total. The Balaban J connectivity index is 1.83. The molecule has 1 aliphatic heterocycles. The summed E-state index contributed by atoms with van der Waals surface area (Å²) in [6, 6.07) is 8.98. The quantitative estimate of drug-likeness (QED) is 0.945. The molecule has 1 fully saturated rings. The van der Waals surface area contributed by atoms with Crippen LogP contribution in [0.15, 0.2) is 41.8 Å². The van der Waals surface area contributed by atoms with Crippen molar-refractivity contribution >= 4 is 23.2 Å². The van der Waals surface area contributed by atoms with Crippen molar-refractivity contribution in [3.63, 3.8) is 0 Å². The smallest absolute Gasteiger partial charge is 0.261 e. The number of amides is 2. The lowest BCUT2D eigenvalue weighted by Gasteiger charge is -2.25. The molecule has 4 nitrogen and oxygen atoms in total. The number of nitrogens with one attached hydrogen (secondary N) is 1. The van der Waals surface area contributed by atoms with Gasteiger partial charge in [-0.1, -0.05) is 18.2 Å². The average Bonchev–Trinajstić information content (AvgIpc) is 3.11. The zero-order valence-corrected chi connectivity index (χ0v) is 12.8. The van der Waals surface area contributed by atoms with Crippen molar-refractivity contribution in [1.29, 1.82) is 0 Å². The first-order valence-corrected chi connectivity index (χ1v) is 7.79. The van der Waals surface area contributed by atoms with E-state index in [1.165, 1.54) is 23.5 Å². The number of likely N-dealkylation sites (N-methyl/N-ethyl adjacent to an activating group) is 1. The highest BCUT2D eigenvalue weighted by molar-refractivity contribution is 7.12. The summed E-state index contributed by atoms with van der Waals surface area (Å²) in [6.07, 6.45) is 0.246. The molecule has 1 saturated heterocycles. The summed E-state index contributed by atoms with van der Waals surface area (Å²) in [6.45, 7) is 0. The molecule has 0 spiro atoms. The molecule has 2 amide bonds. The maximum atomic E-state index is 13.1. The van der Waals surface area contributed by atoms with E-state index >= 15 is 0 Å². The van der Waals surface area contributed by atoms with Crippen LogP contribution in [-0.2, 0) is 4.79 Å². The van der Waals surface area contributed by atoms with Crippen molar-refractivity contribution in [1.82, 2.24) is 10.2 Å². The fourth-order valence-corrected chi connectivity index (χ4v) is 3.39. The number of hydrogen-bond acceptors (Lipinski definition) is 3. The minimum absolute atomic E-state index is 0.0363. The lowest BCUT2D eigenvalue weighted by molar-refractivity contribution is -0.127. The van der Waals surface area contributed by atoms with Gasteiger partial charge in [-0.15, -0.1) is 11.3 Å². The van der Waals surface area contributed by atoms with E-state index in [1.54, 1.807) is 30.1 Å². The van der Waals surface area contributed by atoms with Crippen LogP contribution in [0.4, 0.5) is 4.39 Å². The second-order valence-corrected chi connectivity index (χ2v) is 6.21. The highest BCUT2D eigenvalue weighted by atomic mass is 32.1. The van der Waals surface area contributed by atoms with Crippen molar-refractivity contribution < 1.29 is 14.0 Å².